The molecular weight excluding hydrogens is 386 g/mol. The smallest absolute Gasteiger partial charge is 0.148 e. The first kappa shape index (κ1) is 20.2. The fraction of sp³-hybridized carbons (Fsp3) is 0.318. The van der Waals surface area contributed by atoms with Crippen LogP contribution in [0.3, 0.4) is 0 Å². The molecule has 30 heavy (non-hydrogen) atoms. The zero-order chi connectivity index (χ0) is 21.1. The number of fused-ring (bicyclic) bond motifs is 1. The van der Waals surface area contributed by atoms with Gasteiger partial charge in [0.15, 0.2) is 0 Å². The number of anilines is 1. The molecule has 1 N–H and O–H groups in total. The number of pyridine rings is 1. The molecule has 3 aromatic rings. The molecule has 0 radical (unpaired) electrons. The van der Waals surface area contributed by atoms with E-state index in [1.807, 2.05) is 12.1 Å². The molecule has 2 aromatic heterocycles. The van der Waals surface area contributed by atoms with E-state index in [9.17, 15) is 4.39 Å². The molecule has 0 amide bonds. The Hall–Kier alpha value is -3.13. The molecule has 156 valence electrons. The maximum Gasteiger partial charge on any atom is 0.148 e. The van der Waals surface area contributed by atoms with Crippen LogP contribution < -0.4 is 4.90 Å². The third kappa shape index (κ3) is 4.09. The van der Waals surface area contributed by atoms with E-state index in [0.717, 1.165) is 32.0 Å². The van der Waals surface area contributed by atoms with E-state index in [2.05, 4.69) is 37.0 Å². The minimum atomic E-state index is -0.640. The standard InChI is InChI=1S/C22H24F2N6/c1-15(21-17(23)13-18-16(22(21)24)5-3-8-26-18)19-14-25-7-4-6-20(28-27-19)30-11-9-29(2)10-12-30/h3-8,13-15,27H,9-12H2,1-2H3. The summed E-state index contributed by atoms with van der Waals surface area (Å²) in [4.78, 5) is 12.7. The third-order valence-electron chi connectivity index (χ3n) is 5.49. The summed E-state index contributed by atoms with van der Waals surface area (Å²) in [5.41, 5.74) is 0.757. The lowest BCUT2D eigenvalue weighted by atomic mass is 9.95. The van der Waals surface area contributed by atoms with Gasteiger partial charge in [0.1, 0.15) is 17.5 Å². The molecule has 1 aliphatic heterocycles. The molecule has 3 heterocycles. The van der Waals surface area contributed by atoms with E-state index in [1.165, 1.54) is 12.3 Å². The Kier molecular flexibility index (Phi) is 5.85. The molecule has 6 nitrogen and oxygen atoms in total. The maximum atomic E-state index is 15.2. The van der Waals surface area contributed by atoms with E-state index in [-0.39, 0.29) is 16.5 Å². The van der Waals surface area contributed by atoms with Crippen molar-refractivity contribution in [2.45, 2.75) is 12.8 Å². The Labute approximate surface area is 173 Å². The quantitative estimate of drug-likeness (QED) is 0.714. The van der Waals surface area contributed by atoms with Crippen LogP contribution >= 0.6 is 0 Å². The Morgan fingerprint density at radius 1 is 1.07 bits per heavy atom. The number of aromatic nitrogens is 4. The SMILES string of the molecule is CC(c1cncccc(N2CCN(C)CC2)n[nH]1)c1c(F)cc2ncccc2c1F. The lowest BCUT2D eigenvalue weighted by Crippen LogP contribution is -2.44. The van der Waals surface area contributed by atoms with Crippen LogP contribution in [0.25, 0.3) is 10.9 Å². The summed E-state index contributed by atoms with van der Waals surface area (Å²) >= 11 is 0. The predicted octanol–water partition coefficient (Wildman–Crippen LogP) is 3.66. The summed E-state index contributed by atoms with van der Waals surface area (Å²) < 4.78 is 30.0. The Balaban J connectivity index is 1.75. The molecule has 0 aliphatic carbocycles. The van der Waals surface area contributed by atoms with Crippen molar-refractivity contribution in [3.05, 3.63) is 71.8 Å². The number of nitrogens with zero attached hydrogens (tertiary/aromatic N) is 5. The monoisotopic (exact) mass is 410 g/mol. The van der Waals surface area contributed by atoms with Crippen LogP contribution in [0, 0.1) is 11.6 Å². The van der Waals surface area contributed by atoms with Gasteiger partial charge in [-0.05, 0) is 31.3 Å². The lowest BCUT2D eigenvalue weighted by molar-refractivity contribution is 0.312. The summed E-state index contributed by atoms with van der Waals surface area (Å²) in [6, 6.07) is 8.20. The number of H-pyrrole nitrogens is 1. The average molecular weight is 410 g/mol. The van der Waals surface area contributed by atoms with Crippen molar-refractivity contribution in [3.63, 3.8) is 0 Å². The number of benzene rings is 1. The number of halogens is 2. The van der Waals surface area contributed by atoms with E-state index >= 15 is 4.39 Å². The van der Waals surface area contributed by atoms with E-state index in [1.54, 1.807) is 31.5 Å². The Bertz CT molecular complexity index is 1090. The normalized spacial score (nSPS) is 15.8. The van der Waals surface area contributed by atoms with Crippen LogP contribution in [0.2, 0.25) is 0 Å². The second kappa shape index (κ2) is 8.71. The minimum Gasteiger partial charge on any atom is -0.353 e. The van der Waals surface area contributed by atoms with Gasteiger partial charge < -0.3 is 9.80 Å². The zero-order valence-corrected chi connectivity index (χ0v) is 17.0. The van der Waals surface area contributed by atoms with Crippen molar-refractivity contribution in [2.75, 3.05) is 38.1 Å². The number of piperazine rings is 1. The molecule has 8 heteroatoms. The molecule has 4 rings (SSSR count). The second-order valence-electron chi connectivity index (χ2n) is 7.49. The van der Waals surface area contributed by atoms with Crippen LogP contribution in [0.15, 0.2) is 48.9 Å². The first-order valence-corrected chi connectivity index (χ1v) is 9.94. The van der Waals surface area contributed by atoms with Crippen molar-refractivity contribution < 1.29 is 8.78 Å². The fourth-order valence-corrected chi connectivity index (χ4v) is 3.63. The highest BCUT2D eigenvalue weighted by atomic mass is 19.1. The van der Waals surface area contributed by atoms with Crippen molar-refractivity contribution in [2.24, 2.45) is 0 Å². The van der Waals surface area contributed by atoms with Gasteiger partial charge in [0.05, 0.1) is 11.2 Å². The summed E-state index contributed by atoms with van der Waals surface area (Å²) in [6.45, 7) is 5.33. The number of likely N-dealkylation sites (N-methyl/N-ethyl adjacent to an activating group) is 1. The summed E-state index contributed by atoms with van der Waals surface area (Å²) in [5, 5.41) is 7.81. The van der Waals surface area contributed by atoms with Gasteiger partial charge in [-0.15, -0.1) is 0 Å². The first-order chi connectivity index (χ1) is 14.5. The van der Waals surface area contributed by atoms with Gasteiger partial charge >= 0.3 is 0 Å². The van der Waals surface area contributed by atoms with Gasteiger partial charge in [-0.25, -0.2) is 8.78 Å². The molecule has 0 saturated carbocycles. The highest BCUT2D eigenvalue weighted by molar-refractivity contribution is 5.80. The minimum absolute atomic E-state index is 0.0343. The molecular formula is C22H24F2N6. The summed E-state index contributed by atoms with van der Waals surface area (Å²) in [7, 11) is 2.09. The van der Waals surface area contributed by atoms with E-state index in [4.69, 9.17) is 0 Å². The molecule has 1 aliphatic rings. The first-order valence-electron chi connectivity index (χ1n) is 9.94. The van der Waals surface area contributed by atoms with Crippen molar-refractivity contribution in [1.29, 1.82) is 0 Å². The number of hydrogen-bond donors (Lipinski definition) is 1. The van der Waals surface area contributed by atoms with E-state index in [0.29, 0.717) is 5.69 Å². The van der Waals surface area contributed by atoms with Gasteiger partial charge in [-0.3, -0.25) is 15.1 Å². The molecule has 1 fully saturated rings. The van der Waals surface area contributed by atoms with Gasteiger partial charge in [-0.1, -0.05) is 6.92 Å². The van der Waals surface area contributed by atoms with Crippen molar-refractivity contribution in [3.8, 4) is 0 Å². The largest absolute Gasteiger partial charge is 0.353 e. The number of nitrogens with one attached hydrogen (secondary N) is 1. The van der Waals surface area contributed by atoms with Crippen molar-refractivity contribution in [1.82, 2.24) is 25.1 Å². The zero-order valence-electron chi connectivity index (χ0n) is 17.0. The van der Waals surface area contributed by atoms with Crippen LogP contribution in [0.5, 0.6) is 0 Å². The maximum absolute atomic E-state index is 15.2. The van der Waals surface area contributed by atoms with Gasteiger partial charge in [0.2, 0.25) is 0 Å². The van der Waals surface area contributed by atoms with Gasteiger partial charge in [0.25, 0.3) is 0 Å². The van der Waals surface area contributed by atoms with Gasteiger partial charge in [0, 0.05) is 67.7 Å². The topological polar surface area (TPSA) is 60.9 Å². The molecule has 0 bridgehead atoms. The highest BCUT2D eigenvalue weighted by Crippen LogP contribution is 2.31. The fourth-order valence-electron chi connectivity index (χ4n) is 3.63. The second-order valence-corrected chi connectivity index (χ2v) is 7.49. The number of aromatic amines is 1. The molecule has 0 spiro atoms. The molecule has 1 unspecified atom stereocenters. The number of hydrogen-bond acceptors (Lipinski definition) is 5. The molecule has 1 atom stereocenters. The van der Waals surface area contributed by atoms with Gasteiger partial charge in [-0.2, -0.15) is 5.10 Å². The van der Waals surface area contributed by atoms with E-state index < -0.39 is 17.6 Å². The Morgan fingerprint density at radius 3 is 2.63 bits per heavy atom. The lowest BCUT2D eigenvalue weighted by Gasteiger charge is -2.32. The number of rotatable bonds is 3. The third-order valence-corrected chi connectivity index (χ3v) is 5.49. The van der Waals surface area contributed by atoms with Crippen LogP contribution in [-0.4, -0.2) is 58.3 Å². The Morgan fingerprint density at radius 2 is 1.83 bits per heavy atom. The average Bonchev–Trinajstić information content (AvgIpc) is 2.86. The predicted molar refractivity (Wildman–Crippen MR) is 113 cm³/mol. The highest BCUT2D eigenvalue weighted by Gasteiger charge is 2.22. The van der Waals surface area contributed by atoms with Crippen LogP contribution in [0.4, 0.5) is 14.6 Å². The molecule has 1 aromatic carbocycles. The van der Waals surface area contributed by atoms with Crippen LogP contribution in [0.1, 0.15) is 24.1 Å². The molecule has 1 saturated heterocycles. The summed E-state index contributed by atoms with van der Waals surface area (Å²) in [6.07, 6.45) is 4.71. The van der Waals surface area contributed by atoms with Crippen LogP contribution in [-0.2, 0) is 0 Å². The van der Waals surface area contributed by atoms with Crippen molar-refractivity contribution >= 4 is 16.7 Å². The summed E-state index contributed by atoms with van der Waals surface area (Å²) in [5.74, 6) is -1.11.